The van der Waals surface area contributed by atoms with E-state index < -0.39 is 32.4 Å². The van der Waals surface area contributed by atoms with Crippen LogP contribution in [0.15, 0.2) is 35.2 Å². The second-order valence-corrected chi connectivity index (χ2v) is 6.99. The van der Waals surface area contributed by atoms with Gasteiger partial charge in [0.2, 0.25) is 10.0 Å². The Balaban J connectivity index is 2.12. The highest BCUT2D eigenvalue weighted by atomic mass is 32.2. The van der Waals surface area contributed by atoms with Crippen LogP contribution >= 0.6 is 0 Å². The van der Waals surface area contributed by atoms with Crippen LogP contribution in [0, 0.1) is 31.3 Å². The quantitative estimate of drug-likeness (QED) is 0.847. The van der Waals surface area contributed by atoms with Gasteiger partial charge < -0.3 is 0 Å². The first-order chi connectivity index (χ1) is 10.7. The van der Waals surface area contributed by atoms with E-state index in [1.807, 2.05) is 32.0 Å². The summed E-state index contributed by atoms with van der Waals surface area (Å²) in [7, 11) is -4.25. The number of halogens is 3. The van der Waals surface area contributed by atoms with E-state index in [1.165, 1.54) is 0 Å². The lowest BCUT2D eigenvalue weighted by atomic mass is 10.0. The predicted molar refractivity (Wildman–Crippen MR) is 81.1 cm³/mol. The number of hydrogen-bond acceptors (Lipinski definition) is 2. The number of hydrogen-bond donors (Lipinski definition) is 1. The molecule has 0 unspecified atom stereocenters. The van der Waals surface area contributed by atoms with Crippen molar-refractivity contribution in [3.05, 3.63) is 64.5 Å². The fourth-order valence-corrected chi connectivity index (χ4v) is 3.34. The number of aryl methyl sites for hydroxylation is 2. The average Bonchev–Trinajstić information content (AvgIpc) is 2.47. The smallest absolute Gasteiger partial charge is 0.211 e. The molecule has 0 aliphatic rings. The van der Waals surface area contributed by atoms with Gasteiger partial charge in [0.1, 0.15) is 4.90 Å². The van der Waals surface area contributed by atoms with Gasteiger partial charge in [-0.05, 0) is 43.5 Å². The molecule has 0 amide bonds. The summed E-state index contributed by atoms with van der Waals surface area (Å²) < 4.78 is 65.8. The van der Waals surface area contributed by atoms with Crippen molar-refractivity contribution in [3.8, 4) is 0 Å². The highest BCUT2D eigenvalue weighted by molar-refractivity contribution is 7.89. The molecule has 0 spiro atoms. The van der Waals surface area contributed by atoms with Crippen LogP contribution in [0.1, 0.15) is 16.7 Å². The van der Waals surface area contributed by atoms with Crippen LogP contribution in [0.25, 0.3) is 0 Å². The summed E-state index contributed by atoms with van der Waals surface area (Å²) in [4.78, 5) is -0.906. The Labute approximate surface area is 133 Å². The zero-order valence-electron chi connectivity index (χ0n) is 12.7. The Morgan fingerprint density at radius 2 is 1.70 bits per heavy atom. The lowest BCUT2D eigenvalue weighted by molar-refractivity contribution is 0.431. The fourth-order valence-electron chi connectivity index (χ4n) is 2.24. The maximum Gasteiger partial charge on any atom is 0.243 e. The first-order valence-corrected chi connectivity index (χ1v) is 8.40. The third kappa shape index (κ3) is 3.92. The van der Waals surface area contributed by atoms with Gasteiger partial charge in [0.15, 0.2) is 17.5 Å². The number of sulfonamides is 1. The minimum absolute atomic E-state index is 0.0185. The predicted octanol–water partition coefficient (Wildman–Crippen LogP) is 3.24. The van der Waals surface area contributed by atoms with E-state index in [4.69, 9.17) is 0 Å². The van der Waals surface area contributed by atoms with E-state index in [0.29, 0.717) is 18.6 Å². The molecule has 0 aliphatic carbocycles. The van der Waals surface area contributed by atoms with E-state index >= 15 is 0 Å². The van der Waals surface area contributed by atoms with E-state index in [0.717, 1.165) is 16.7 Å². The summed E-state index contributed by atoms with van der Waals surface area (Å²) in [6.45, 7) is 3.88. The molecule has 3 nitrogen and oxygen atoms in total. The topological polar surface area (TPSA) is 46.2 Å². The molecule has 2 aromatic carbocycles. The van der Waals surface area contributed by atoms with Gasteiger partial charge in [-0.3, -0.25) is 0 Å². The second-order valence-electron chi connectivity index (χ2n) is 5.25. The lowest BCUT2D eigenvalue weighted by Gasteiger charge is -2.10. The van der Waals surface area contributed by atoms with Gasteiger partial charge in [-0.2, -0.15) is 0 Å². The minimum atomic E-state index is -4.25. The van der Waals surface area contributed by atoms with E-state index in [9.17, 15) is 21.6 Å². The van der Waals surface area contributed by atoms with E-state index in [1.54, 1.807) is 0 Å². The van der Waals surface area contributed by atoms with Crippen molar-refractivity contribution in [2.45, 2.75) is 25.2 Å². The summed E-state index contributed by atoms with van der Waals surface area (Å²) in [6, 6.07) is 7.05. The number of rotatable bonds is 5. The van der Waals surface area contributed by atoms with Crippen LogP contribution in [0.4, 0.5) is 13.2 Å². The first-order valence-electron chi connectivity index (χ1n) is 6.91. The molecule has 124 valence electrons. The van der Waals surface area contributed by atoms with Crippen LogP contribution in [0.5, 0.6) is 0 Å². The van der Waals surface area contributed by atoms with Crippen LogP contribution in [-0.4, -0.2) is 15.0 Å². The van der Waals surface area contributed by atoms with E-state index in [2.05, 4.69) is 4.72 Å². The average molecular weight is 343 g/mol. The molecule has 23 heavy (non-hydrogen) atoms. The summed E-state index contributed by atoms with van der Waals surface area (Å²) in [5.74, 6) is -4.96. The summed E-state index contributed by atoms with van der Waals surface area (Å²) in [6.07, 6.45) is 0.399. The zero-order valence-corrected chi connectivity index (χ0v) is 13.5. The molecule has 0 bridgehead atoms. The molecule has 0 saturated heterocycles. The van der Waals surface area contributed by atoms with Gasteiger partial charge in [-0.15, -0.1) is 0 Å². The van der Waals surface area contributed by atoms with Crippen molar-refractivity contribution < 1.29 is 21.6 Å². The molecule has 7 heteroatoms. The molecule has 0 fully saturated rings. The molecule has 2 aromatic rings. The highest BCUT2D eigenvalue weighted by Gasteiger charge is 2.23. The number of nitrogens with one attached hydrogen (secondary N) is 1. The molecule has 0 aliphatic heterocycles. The normalized spacial score (nSPS) is 11.7. The molecule has 0 atom stereocenters. The monoisotopic (exact) mass is 343 g/mol. The van der Waals surface area contributed by atoms with Crippen LogP contribution in [0.2, 0.25) is 0 Å². The molecule has 2 rings (SSSR count). The van der Waals surface area contributed by atoms with Crippen molar-refractivity contribution in [2.75, 3.05) is 6.54 Å². The SMILES string of the molecule is Cc1ccc(CCNS(=O)(=O)c2ccc(F)c(F)c2F)c(C)c1. The first kappa shape index (κ1) is 17.5. The van der Waals surface area contributed by atoms with Crippen LogP contribution < -0.4 is 4.72 Å². The molecule has 0 saturated carbocycles. The maximum atomic E-state index is 13.6. The highest BCUT2D eigenvalue weighted by Crippen LogP contribution is 2.19. The van der Waals surface area contributed by atoms with Gasteiger partial charge in [0, 0.05) is 6.54 Å². The van der Waals surface area contributed by atoms with Crippen LogP contribution in [-0.2, 0) is 16.4 Å². The van der Waals surface area contributed by atoms with Crippen molar-refractivity contribution >= 4 is 10.0 Å². The third-order valence-electron chi connectivity index (χ3n) is 3.47. The molecule has 0 aromatic heterocycles. The van der Waals surface area contributed by atoms with Crippen molar-refractivity contribution in [1.29, 1.82) is 0 Å². The Morgan fingerprint density at radius 3 is 2.35 bits per heavy atom. The lowest BCUT2D eigenvalue weighted by Crippen LogP contribution is -2.27. The summed E-state index contributed by atoms with van der Waals surface area (Å²) >= 11 is 0. The summed E-state index contributed by atoms with van der Waals surface area (Å²) in [5, 5.41) is 0. The van der Waals surface area contributed by atoms with Crippen LogP contribution in [0.3, 0.4) is 0 Å². The van der Waals surface area contributed by atoms with Gasteiger partial charge in [0.05, 0.1) is 0 Å². The Kier molecular flexibility index (Phi) is 5.11. The van der Waals surface area contributed by atoms with Gasteiger partial charge in [-0.1, -0.05) is 23.8 Å². The molecular formula is C16H16F3NO2S. The van der Waals surface area contributed by atoms with E-state index in [-0.39, 0.29) is 6.54 Å². The zero-order chi connectivity index (χ0) is 17.2. The standard InChI is InChI=1S/C16H16F3NO2S/c1-10-3-4-12(11(2)9-10)7-8-20-23(21,22)14-6-5-13(17)15(18)16(14)19/h3-6,9,20H,7-8H2,1-2H3. The fraction of sp³-hybridized carbons (Fsp3) is 0.250. The second kappa shape index (κ2) is 6.72. The minimum Gasteiger partial charge on any atom is -0.211 e. The van der Waals surface area contributed by atoms with Crippen molar-refractivity contribution in [2.24, 2.45) is 0 Å². The Hall–Kier alpha value is -1.86. The third-order valence-corrected chi connectivity index (χ3v) is 4.95. The molecule has 1 N–H and O–H groups in total. The number of benzene rings is 2. The Bertz CT molecular complexity index is 835. The Morgan fingerprint density at radius 1 is 1.00 bits per heavy atom. The largest absolute Gasteiger partial charge is 0.243 e. The van der Waals surface area contributed by atoms with Crippen molar-refractivity contribution in [1.82, 2.24) is 4.72 Å². The molecular weight excluding hydrogens is 327 g/mol. The van der Waals surface area contributed by atoms with Gasteiger partial charge in [0.25, 0.3) is 0 Å². The van der Waals surface area contributed by atoms with Crippen molar-refractivity contribution in [3.63, 3.8) is 0 Å². The maximum absolute atomic E-state index is 13.6. The van der Waals surface area contributed by atoms with Gasteiger partial charge >= 0.3 is 0 Å². The molecule has 0 heterocycles. The molecule has 0 radical (unpaired) electrons. The summed E-state index contributed by atoms with van der Waals surface area (Å²) in [5.41, 5.74) is 3.06. The van der Waals surface area contributed by atoms with Gasteiger partial charge in [-0.25, -0.2) is 26.3 Å².